The van der Waals surface area contributed by atoms with E-state index < -0.39 is 0 Å². The minimum Gasteiger partial charge on any atom is -0.456 e. The van der Waals surface area contributed by atoms with Crippen molar-refractivity contribution in [3.8, 4) is 0 Å². The van der Waals surface area contributed by atoms with Crippen molar-refractivity contribution in [3.05, 3.63) is 77.9 Å². The van der Waals surface area contributed by atoms with Crippen LogP contribution in [0.3, 0.4) is 0 Å². The molecule has 3 aromatic carbocycles. The number of furan rings is 1. The summed E-state index contributed by atoms with van der Waals surface area (Å²) in [4.78, 5) is 12.5. The van der Waals surface area contributed by atoms with Crippen molar-refractivity contribution in [1.29, 1.82) is 0 Å². The Hall–Kier alpha value is -3.07. The molecule has 26 heavy (non-hydrogen) atoms. The van der Waals surface area contributed by atoms with E-state index in [9.17, 15) is 4.79 Å². The maximum absolute atomic E-state index is 12.5. The van der Waals surface area contributed by atoms with E-state index in [1.54, 1.807) is 0 Å². The third-order valence-electron chi connectivity index (χ3n) is 4.65. The summed E-state index contributed by atoms with van der Waals surface area (Å²) in [6.07, 6.45) is 0. The van der Waals surface area contributed by atoms with Crippen LogP contribution in [-0.2, 0) is 5.41 Å². The van der Waals surface area contributed by atoms with Crippen LogP contribution in [0.2, 0.25) is 0 Å². The van der Waals surface area contributed by atoms with Gasteiger partial charge in [0.1, 0.15) is 11.2 Å². The molecule has 0 fully saturated rings. The smallest absolute Gasteiger partial charge is 0.255 e. The molecule has 4 aromatic rings. The Morgan fingerprint density at radius 3 is 2.27 bits per heavy atom. The van der Waals surface area contributed by atoms with Crippen LogP contribution in [-0.4, -0.2) is 5.91 Å². The fourth-order valence-corrected chi connectivity index (χ4v) is 3.13. The van der Waals surface area contributed by atoms with E-state index in [4.69, 9.17) is 4.42 Å². The third kappa shape index (κ3) is 2.97. The van der Waals surface area contributed by atoms with Gasteiger partial charge in [-0.15, -0.1) is 0 Å². The van der Waals surface area contributed by atoms with E-state index >= 15 is 0 Å². The molecule has 0 radical (unpaired) electrons. The van der Waals surface area contributed by atoms with Gasteiger partial charge in [-0.3, -0.25) is 4.79 Å². The molecule has 0 bridgehead atoms. The number of amides is 1. The highest BCUT2D eigenvalue weighted by molar-refractivity contribution is 6.08. The third-order valence-corrected chi connectivity index (χ3v) is 4.65. The summed E-state index contributed by atoms with van der Waals surface area (Å²) in [5, 5.41) is 5.08. The lowest BCUT2D eigenvalue weighted by molar-refractivity contribution is 0.102. The zero-order valence-electron chi connectivity index (χ0n) is 15.2. The molecule has 4 rings (SSSR count). The lowest BCUT2D eigenvalue weighted by Crippen LogP contribution is -2.14. The van der Waals surface area contributed by atoms with Crippen LogP contribution in [0.15, 0.2) is 71.1 Å². The second-order valence-corrected chi connectivity index (χ2v) is 7.59. The average Bonchev–Trinajstić information content (AvgIpc) is 2.98. The molecule has 0 aliphatic carbocycles. The molecule has 130 valence electrons. The van der Waals surface area contributed by atoms with Gasteiger partial charge in [-0.1, -0.05) is 51.1 Å². The first kappa shape index (κ1) is 16.4. The first-order valence-electron chi connectivity index (χ1n) is 8.75. The van der Waals surface area contributed by atoms with E-state index in [1.807, 2.05) is 66.7 Å². The topological polar surface area (TPSA) is 42.2 Å². The molecule has 1 aromatic heterocycles. The largest absolute Gasteiger partial charge is 0.456 e. The first-order valence-corrected chi connectivity index (χ1v) is 8.75. The molecular weight excluding hydrogens is 322 g/mol. The average molecular weight is 343 g/mol. The molecule has 0 saturated heterocycles. The predicted octanol–water partition coefficient (Wildman–Crippen LogP) is 6.14. The maximum atomic E-state index is 12.5. The number of nitrogens with one attached hydrogen (secondary N) is 1. The highest BCUT2D eigenvalue weighted by Gasteiger charge is 2.15. The van der Waals surface area contributed by atoms with Crippen molar-refractivity contribution in [2.24, 2.45) is 0 Å². The molecule has 0 aliphatic rings. The highest BCUT2D eigenvalue weighted by Crippen LogP contribution is 2.30. The number of benzene rings is 3. The van der Waals surface area contributed by atoms with E-state index in [2.05, 4.69) is 26.1 Å². The van der Waals surface area contributed by atoms with Gasteiger partial charge in [0.2, 0.25) is 0 Å². The Morgan fingerprint density at radius 2 is 1.54 bits per heavy atom. The molecule has 1 amide bonds. The highest BCUT2D eigenvalue weighted by atomic mass is 16.3. The zero-order valence-corrected chi connectivity index (χ0v) is 15.2. The van der Waals surface area contributed by atoms with Crippen LogP contribution >= 0.6 is 0 Å². The molecule has 0 saturated carbocycles. The predicted molar refractivity (Wildman–Crippen MR) is 107 cm³/mol. The van der Waals surface area contributed by atoms with Gasteiger partial charge in [0.05, 0.1) is 0 Å². The van der Waals surface area contributed by atoms with Crippen LogP contribution in [0.25, 0.3) is 21.9 Å². The standard InChI is InChI=1S/C23H21NO2/c1-23(2,3)16-10-8-15(9-11-16)22(25)24-17-12-13-19-18-6-4-5-7-20(18)26-21(19)14-17/h4-14H,1-3H3,(H,24,25). The lowest BCUT2D eigenvalue weighted by Gasteiger charge is -2.19. The second kappa shape index (κ2) is 6.03. The van der Waals surface area contributed by atoms with Gasteiger partial charge in [0.15, 0.2) is 0 Å². The van der Waals surface area contributed by atoms with Crippen molar-refractivity contribution in [2.45, 2.75) is 26.2 Å². The van der Waals surface area contributed by atoms with Crippen molar-refractivity contribution < 1.29 is 9.21 Å². The van der Waals surface area contributed by atoms with Gasteiger partial charge in [0, 0.05) is 28.1 Å². The monoisotopic (exact) mass is 343 g/mol. The van der Waals surface area contributed by atoms with Gasteiger partial charge in [0.25, 0.3) is 5.91 Å². The maximum Gasteiger partial charge on any atom is 0.255 e. The van der Waals surface area contributed by atoms with Gasteiger partial charge in [-0.05, 0) is 41.3 Å². The van der Waals surface area contributed by atoms with Gasteiger partial charge >= 0.3 is 0 Å². The summed E-state index contributed by atoms with van der Waals surface area (Å²) in [6.45, 7) is 6.47. The van der Waals surface area contributed by atoms with Crippen molar-refractivity contribution in [2.75, 3.05) is 5.32 Å². The molecule has 3 heteroatoms. The Kier molecular flexibility index (Phi) is 3.80. The quantitative estimate of drug-likeness (QED) is 0.475. The summed E-state index contributed by atoms with van der Waals surface area (Å²) >= 11 is 0. The van der Waals surface area contributed by atoms with Crippen LogP contribution in [0.5, 0.6) is 0 Å². The SMILES string of the molecule is CC(C)(C)c1ccc(C(=O)Nc2ccc3c(c2)oc2ccccc23)cc1. The molecule has 0 unspecified atom stereocenters. The number of fused-ring (bicyclic) bond motifs is 3. The number of hydrogen-bond acceptors (Lipinski definition) is 2. The fraction of sp³-hybridized carbons (Fsp3) is 0.174. The molecule has 0 spiro atoms. The van der Waals surface area contributed by atoms with Crippen LogP contribution in [0, 0.1) is 0 Å². The van der Waals surface area contributed by atoms with E-state index in [0.717, 1.165) is 27.6 Å². The number of carbonyl (C=O) groups is 1. The normalized spacial score (nSPS) is 11.8. The summed E-state index contributed by atoms with van der Waals surface area (Å²) in [5.41, 5.74) is 4.26. The Balaban J connectivity index is 1.60. The minimum atomic E-state index is -0.124. The van der Waals surface area contributed by atoms with Gasteiger partial charge in [-0.2, -0.15) is 0 Å². The molecular formula is C23H21NO2. The zero-order chi connectivity index (χ0) is 18.3. The first-order chi connectivity index (χ1) is 12.4. The van der Waals surface area contributed by atoms with E-state index in [-0.39, 0.29) is 11.3 Å². The minimum absolute atomic E-state index is 0.0708. The van der Waals surface area contributed by atoms with Crippen LogP contribution in [0.4, 0.5) is 5.69 Å². The Labute approximate surface area is 152 Å². The van der Waals surface area contributed by atoms with E-state index in [1.165, 1.54) is 5.56 Å². The number of para-hydroxylation sites is 1. The molecule has 1 heterocycles. The van der Waals surface area contributed by atoms with Crippen molar-refractivity contribution >= 4 is 33.5 Å². The van der Waals surface area contributed by atoms with Crippen molar-refractivity contribution in [3.63, 3.8) is 0 Å². The molecule has 1 N–H and O–H groups in total. The van der Waals surface area contributed by atoms with Gasteiger partial charge in [-0.25, -0.2) is 0 Å². The lowest BCUT2D eigenvalue weighted by atomic mass is 9.87. The summed E-state index contributed by atoms with van der Waals surface area (Å²) in [5.74, 6) is -0.124. The number of carbonyl (C=O) groups excluding carboxylic acids is 1. The van der Waals surface area contributed by atoms with Gasteiger partial charge < -0.3 is 9.73 Å². The Morgan fingerprint density at radius 1 is 0.846 bits per heavy atom. The fourth-order valence-electron chi connectivity index (χ4n) is 3.13. The summed E-state index contributed by atoms with van der Waals surface area (Å²) in [7, 11) is 0. The summed E-state index contributed by atoms with van der Waals surface area (Å²) < 4.78 is 5.88. The number of rotatable bonds is 2. The molecule has 0 atom stereocenters. The van der Waals surface area contributed by atoms with Crippen LogP contribution < -0.4 is 5.32 Å². The second-order valence-electron chi connectivity index (χ2n) is 7.59. The number of anilines is 1. The van der Waals surface area contributed by atoms with E-state index in [0.29, 0.717) is 5.56 Å². The molecule has 3 nitrogen and oxygen atoms in total. The van der Waals surface area contributed by atoms with Crippen molar-refractivity contribution in [1.82, 2.24) is 0 Å². The van der Waals surface area contributed by atoms with Crippen LogP contribution in [0.1, 0.15) is 36.7 Å². The number of hydrogen-bond donors (Lipinski definition) is 1. The Bertz CT molecular complexity index is 1100. The summed E-state index contributed by atoms with van der Waals surface area (Å²) in [6, 6.07) is 21.5. The molecule has 0 aliphatic heterocycles.